The molecule has 1 saturated carbocycles. The number of fused-ring (bicyclic) bond motifs is 10. The Balaban J connectivity index is 1.40. The Morgan fingerprint density at radius 3 is 2.21 bits per heavy atom. The highest BCUT2D eigenvalue weighted by atomic mass is 32.2. The molecule has 1 fully saturated rings. The molecule has 2 aliphatic heterocycles. The first kappa shape index (κ1) is 42.0. The van der Waals surface area contributed by atoms with Crippen LogP contribution in [0.2, 0.25) is 0 Å². The smallest absolute Gasteiger partial charge is 0.425 e. The third kappa shape index (κ3) is 9.58. The number of rotatable bonds is 5. The van der Waals surface area contributed by atoms with E-state index < -0.39 is 56.4 Å². The summed E-state index contributed by atoms with van der Waals surface area (Å²) in [6.45, 7) is 13.7. The number of anilines is 3. The first-order valence-corrected chi connectivity index (χ1v) is 20.7. The van der Waals surface area contributed by atoms with Gasteiger partial charge in [-0.05, 0) is 126 Å². The second kappa shape index (κ2) is 16.0. The molecule has 7 rings (SSSR count). The maximum absolute atomic E-state index is 15.7. The first-order valence-electron chi connectivity index (χ1n) is 19.2. The fourth-order valence-electron chi connectivity index (χ4n) is 6.81. The lowest BCUT2D eigenvalue weighted by Crippen LogP contribution is -2.44. The molecular formula is C43H49FN4O9S. The van der Waals surface area contributed by atoms with Gasteiger partial charge >= 0.3 is 18.3 Å². The highest BCUT2D eigenvalue weighted by molar-refractivity contribution is 7.92. The van der Waals surface area contributed by atoms with Crippen molar-refractivity contribution in [2.45, 2.75) is 114 Å². The summed E-state index contributed by atoms with van der Waals surface area (Å²) in [5.74, 6) is -1.46. The largest absolute Gasteiger partial charge is 0.449 e. The molecule has 3 aromatic carbocycles. The molecule has 13 nitrogen and oxygen atoms in total. The van der Waals surface area contributed by atoms with Crippen molar-refractivity contribution in [2.75, 3.05) is 22.1 Å². The van der Waals surface area contributed by atoms with E-state index in [0.29, 0.717) is 40.2 Å². The van der Waals surface area contributed by atoms with Gasteiger partial charge in [-0.2, -0.15) is 4.90 Å². The molecule has 0 unspecified atom stereocenters. The predicted octanol–water partition coefficient (Wildman–Crippen LogP) is 9.32. The van der Waals surface area contributed by atoms with Crippen LogP contribution >= 0.6 is 0 Å². The van der Waals surface area contributed by atoms with Crippen molar-refractivity contribution in [2.24, 2.45) is 0 Å². The number of carbonyl (C=O) groups excluding carboxylic acids is 4. The minimum atomic E-state index is -3.66. The highest BCUT2D eigenvalue weighted by Gasteiger charge is 2.39. The Bertz CT molecular complexity index is 2370. The average molecular weight is 817 g/mol. The van der Waals surface area contributed by atoms with Gasteiger partial charge in [0.2, 0.25) is 0 Å². The maximum atomic E-state index is 15.7. The maximum Gasteiger partial charge on any atom is 0.425 e. The van der Waals surface area contributed by atoms with E-state index in [1.807, 2.05) is 26.0 Å². The fraction of sp³-hybridized carbons (Fsp3) is 0.419. The Hall–Kier alpha value is -5.57. The van der Waals surface area contributed by atoms with Crippen LogP contribution in [0.25, 0.3) is 10.8 Å². The van der Waals surface area contributed by atoms with Crippen molar-refractivity contribution in [1.82, 2.24) is 4.98 Å². The van der Waals surface area contributed by atoms with Crippen LogP contribution < -0.4 is 15.5 Å². The lowest BCUT2D eigenvalue weighted by Gasteiger charge is -2.28. The summed E-state index contributed by atoms with van der Waals surface area (Å²) in [5, 5.41) is 5.55. The number of nitrogens with zero attached hydrogens (tertiary/aromatic N) is 2. The molecule has 0 saturated heterocycles. The van der Waals surface area contributed by atoms with Gasteiger partial charge in [-0.1, -0.05) is 25.1 Å². The van der Waals surface area contributed by atoms with Crippen LogP contribution in [0.15, 0.2) is 65.7 Å². The van der Waals surface area contributed by atoms with Gasteiger partial charge in [0.1, 0.15) is 23.1 Å². The number of imide groups is 1. The number of pyridine rings is 1. The number of hydrogen-bond donors (Lipinski definition) is 2. The Labute approximate surface area is 337 Å². The number of halogens is 1. The number of amides is 3. The molecule has 308 valence electrons. The van der Waals surface area contributed by atoms with E-state index in [2.05, 4.69) is 15.6 Å². The van der Waals surface area contributed by atoms with Crippen LogP contribution in [0.5, 0.6) is 0 Å². The number of Topliss-reactive ketones (excluding diaryl/α,β-unsaturated/α-hetero) is 1. The molecule has 0 radical (unpaired) electrons. The van der Waals surface area contributed by atoms with Crippen molar-refractivity contribution in [3.05, 3.63) is 88.9 Å². The highest BCUT2D eigenvalue weighted by Crippen LogP contribution is 2.37. The van der Waals surface area contributed by atoms with Gasteiger partial charge in [0.15, 0.2) is 21.4 Å². The van der Waals surface area contributed by atoms with Crippen molar-refractivity contribution in [1.29, 1.82) is 0 Å². The van der Waals surface area contributed by atoms with Crippen LogP contribution in [-0.2, 0) is 35.3 Å². The minimum absolute atomic E-state index is 0.0121. The summed E-state index contributed by atoms with van der Waals surface area (Å²) in [4.78, 5) is 59.0. The first-order chi connectivity index (χ1) is 27.1. The van der Waals surface area contributed by atoms with E-state index in [0.717, 1.165) is 17.3 Å². The summed E-state index contributed by atoms with van der Waals surface area (Å²) in [7, 11) is -3.66. The average Bonchev–Trinajstić information content (AvgIpc) is 3.98. The number of carbonyl (C=O) groups is 4. The van der Waals surface area contributed by atoms with E-state index in [4.69, 9.17) is 14.2 Å². The molecule has 58 heavy (non-hydrogen) atoms. The van der Waals surface area contributed by atoms with Gasteiger partial charge < -0.3 is 19.5 Å². The van der Waals surface area contributed by atoms with Crippen molar-refractivity contribution >= 4 is 61.9 Å². The minimum Gasteiger partial charge on any atom is -0.449 e. The summed E-state index contributed by atoms with van der Waals surface area (Å²) in [6.07, 6.45) is -0.876. The van der Waals surface area contributed by atoms with Gasteiger partial charge in [-0.3, -0.25) is 10.1 Å². The molecule has 0 spiro atoms. The van der Waals surface area contributed by atoms with E-state index in [1.54, 1.807) is 59.7 Å². The van der Waals surface area contributed by atoms with Crippen LogP contribution in [0.4, 0.5) is 36.0 Å². The summed E-state index contributed by atoms with van der Waals surface area (Å²) in [5.41, 5.74) is 1.41. The number of hydrogen-bond acceptors (Lipinski definition) is 11. The summed E-state index contributed by atoms with van der Waals surface area (Å²) in [6, 6.07) is 13.6. The molecule has 3 heterocycles. The Morgan fingerprint density at radius 2 is 1.59 bits per heavy atom. The second-order valence-electron chi connectivity index (χ2n) is 16.8. The van der Waals surface area contributed by atoms with E-state index >= 15 is 4.39 Å². The zero-order chi connectivity index (χ0) is 42.3. The zero-order valence-electron chi connectivity index (χ0n) is 33.9. The number of benzene rings is 3. The lowest BCUT2D eigenvalue weighted by atomic mass is 9.91. The van der Waals surface area contributed by atoms with E-state index in [9.17, 15) is 27.6 Å². The monoisotopic (exact) mass is 816 g/mol. The molecule has 3 amide bonds. The zero-order valence-corrected chi connectivity index (χ0v) is 34.7. The molecule has 4 aromatic rings. The quantitative estimate of drug-likeness (QED) is 0.184. The third-order valence-electron chi connectivity index (χ3n) is 9.65. The predicted molar refractivity (Wildman–Crippen MR) is 218 cm³/mol. The lowest BCUT2D eigenvalue weighted by molar-refractivity contribution is -0.119. The summed E-state index contributed by atoms with van der Waals surface area (Å²) < 4.78 is 59.2. The van der Waals surface area contributed by atoms with Crippen LogP contribution in [0.3, 0.4) is 0 Å². The molecule has 15 heteroatoms. The van der Waals surface area contributed by atoms with Gasteiger partial charge in [0, 0.05) is 34.5 Å². The number of sulfone groups is 1. The molecule has 2 atom stereocenters. The van der Waals surface area contributed by atoms with Gasteiger partial charge in [0.05, 0.1) is 22.9 Å². The Morgan fingerprint density at radius 1 is 0.914 bits per heavy atom. The van der Waals surface area contributed by atoms with Crippen LogP contribution in [0, 0.1) is 12.7 Å². The number of aromatic nitrogens is 1. The van der Waals surface area contributed by atoms with Gasteiger partial charge in [-0.25, -0.2) is 32.2 Å². The van der Waals surface area contributed by atoms with Crippen molar-refractivity contribution in [3.8, 4) is 0 Å². The Kier molecular flexibility index (Phi) is 11.6. The van der Waals surface area contributed by atoms with E-state index in [1.165, 1.54) is 24.3 Å². The topological polar surface area (TPSA) is 170 Å². The van der Waals surface area contributed by atoms with Crippen LogP contribution in [0.1, 0.15) is 102 Å². The van der Waals surface area contributed by atoms with Crippen molar-refractivity contribution < 1.29 is 46.2 Å². The summed E-state index contributed by atoms with van der Waals surface area (Å²) >= 11 is 0. The number of ketones is 1. The molecular weight excluding hydrogens is 768 g/mol. The second-order valence-corrected chi connectivity index (χ2v) is 19.0. The fourth-order valence-corrected chi connectivity index (χ4v) is 8.71. The van der Waals surface area contributed by atoms with Gasteiger partial charge in [0.25, 0.3) is 0 Å². The molecule has 3 aliphatic rings. The van der Waals surface area contributed by atoms with E-state index in [-0.39, 0.29) is 52.6 Å². The molecule has 2 N–H and O–H groups in total. The number of nitrogens with one attached hydrogen (secondary N) is 2. The third-order valence-corrected chi connectivity index (χ3v) is 12.0. The van der Waals surface area contributed by atoms with Crippen molar-refractivity contribution in [3.63, 3.8) is 0 Å². The molecule has 1 aromatic heterocycles. The van der Waals surface area contributed by atoms with Gasteiger partial charge in [-0.15, -0.1) is 0 Å². The SMILES string of the molecule is Cc1cc2ccc1[C@@H](C)COC(=O)Nc1ccc(S(=O)(=O)C3CC3)c(c1)CCC(=O)[C@@H]2Nc1ccc2c(N(C(=O)OC(C)(C)C)C(=O)OC(C)(C)C)ncc(F)c2c1. The number of aryl methyl sites for hydroxylation is 2. The van der Waals surface area contributed by atoms with Crippen LogP contribution in [-0.4, -0.2) is 60.5 Å². The molecule has 1 aliphatic carbocycles. The standard InChI is InChI=1S/C43H49FN4O9S/c1-24-19-27-9-15-31(24)25(2)23-55-39(50)47-28-12-18-36(58(53,54)30-13-14-30)26(20-28)10-17-35(49)37(27)46-29-11-16-32-33(21-29)34(44)22-45-38(32)48(40(51)56-42(3,4)5)41(52)57-43(6,7)8/h9,11-12,15-16,18-22,25,30,37,46H,10,13-14,17,23H2,1-8H3,(H,47,50)/t25-,37+/m0/s1. The number of ether oxygens (including phenoxy) is 3. The molecule has 4 bridgehead atoms. The normalized spacial score (nSPS) is 17.9.